The van der Waals surface area contributed by atoms with Gasteiger partial charge in [0, 0.05) is 5.56 Å². The van der Waals surface area contributed by atoms with E-state index in [0.29, 0.717) is 14.9 Å². The average molecular weight is 393 g/mol. The number of hydrogen-bond acceptors (Lipinski definition) is 4. The SMILES string of the molecule is CC1(C)OC(c2ccc(S(N)(=O)=O)cc2)=C(I)C1=O. The van der Waals surface area contributed by atoms with Gasteiger partial charge in [0.15, 0.2) is 5.60 Å². The van der Waals surface area contributed by atoms with Gasteiger partial charge in [0.1, 0.15) is 9.34 Å². The lowest BCUT2D eigenvalue weighted by Crippen LogP contribution is -2.28. The fourth-order valence-electron chi connectivity index (χ4n) is 1.70. The van der Waals surface area contributed by atoms with Crippen LogP contribution in [0.1, 0.15) is 19.4 Å². The molecule has 5 nitrogen and oxygen atoms in total. The quantitative estimate of drug-likeness (QED) is 0.777. The molecule has 1 heterocycles. The molecule has 0 unspecified atom stereocenters. The number of primary sulfonamides is 1. The number of sulfonamides is 1. The van der Waals surface area contributed by atoms with Crippen molar-refractivity contribution in [2.24, 2.45) is 5.14 Å². The summed E-state index contributed by atoms with van der Waals surface area (Å²) in [5, 5.41) is 5.03. The Balaban J connectivity index is 2.43. The third-order valence-electron chi connectivity index (χ3n) is 2.75. The summed E-state index contributed by atoms with van der Waals surface area (Å²) in [5.74, 6) is 0.384. The Bertz CT molecular complexity index is 674. The van der Waals surface area contributed by atoms with Crippen molar-refractivity contribution < 1.29 is 17.9 Å². The van der Waals surface area contributed by atoms with Crippen LogP contribution in [-0.4, -0.2) is 19.8 Å². The van der Waals surface area contributed by atoms with Crippen molar-refractivity contribution in [3.05, 3.63) is 33.4 Å². The first kappa shape index (κ1) is 14.5. The first-order valence-electron chi connectivity index (χ1n) is 5.40. The number of ketones is 1. The summed E-state index contributed by atoms with van der Waals surface area (Å²) >= 11 is 1.94. The number of halogens is 1. The second kappa shape index (κ2) is 4.57. The zero-order chi connectivity index (χ0) is 14.4. The third-order valence-corrected chi connectivity index (χ3v) is 4.66. The van der Waals surface area contributed by atoms with Crippen LogP contribution < -0.4 is 5.14 Å². The van der Waals surface area contributed by atoms with E-state index in [4.69, 9.17) is 9.88 Å². The van der Waals surface area contributed by atoms with Crippen LogP contribution in [0.15, 0.2) is 32.7 Å². The van der Waals surface area contributed by atoms with Gasteiger partial charge in [0.2, 0.25) is 15.8 Å². The maximum atomic E-state index is 11.9. The minimum absolute atomic E-state index is 0.0236. The summed E-state index contributed by atoms with van der Waals surface area (Å²) in [6.07, 6.45) is 0. The van der Waals surface area contributed by atoms with Crippen molar-refractivity contribution in [2.45, 2.75) is 24.3 Å². The highest BCUT2D eigenvalue weighted by molar-refractivity contribution is 14.1. The topological polar surface area (TPSA) is 86.5 Å². The number of carbonyl (C=O) groups excluding carboxylic acids is 1. The summed E-state index contributed by atoms with van der Waals surface area (Å²) in [6, 6.07) is 5.92. The van der Waals surface area contributed by atoms with Gasteiger partial charge in [0.25, 0.3) is 0 Å². The molecule has 1 aromatic rings. The Labute approximate surface area is 125 Å². The van der Waals surface area contributed by atoms with E-state index < -0.39 is 15.6 Å². The van der Waals surface area contributed by atoms with Crippen molar-refractivity contribution in [1.29, 1.82) is 0 Å². The normalized spacial score (nSPS) is 18.6. The fourth-order valence-corrected chi connectivity index (χ4v) is 3.28. The second-order valence-electron chi connectivity index (χ2n) is 4.65. The summed E-state index contributed by atoms with van der Waals surface area (Å²) in [6.45, 7) is 3.39. The van der Waals surface area contributed by atoms with E-state index in [1.54, 1.807) is 26.0 Å². The van der Waals surface area contributed by atoms with E-state index >= 15 is 0 Å². The highest BCUT2D eigenvalue weighted by Crippen LogP contribution is 2.39. The van der Waals surface area contributed by atoms with Gasteiger partial charge in [0.05, 0.1) is 4.90 Å². The molecule has 0 atom stereocenters. The molecule has 102 valence electrons. The van der Waals surface area contributed by atoms with Crippen molar-refractivity contribution >= 4 is 44.2 Å². The largest absolute Gasteiger partial charge is 0.478 e. The molecule has 2 N–H and O–H groups in total. The number of nitrogens with two attached hydrogens (primary N) is 1. The molecule has 0 spiro atoms. The summed E-state index contributed by atoms with van der Waals surface area (Å²) < 4.78 is 28.5. The van der Waals surface area contributed by atoms with E-state index in [9.17, 15) is 13.2 Å². The van der Waals surface area contributed by atoms with E-state index in [1.807, 2.05) is 22.6 Å². The van der Waals surface area contributed by atoms with Gasteiger partial charge in [-0.15, -0.1) is 0 Å². The van der Waals surface area contributed by atoms with E-state index in [1.165, 1.54) is 12.1 Å². The van der Waals surface area contributed by atoms with E-state index in [0.717, 1.165) is 0 Å². The predicted octanol–water partition coefficient (Wildman–Crippen LogP) is 1.82. The molecule has 0 radical (unpaired) electrons. The monoisotopic (exact) mass is 393 g/mol. The Hall–Kier alpha value is -0.930. The van der Waals surface area contributed by atoms with Gasteiger partial charge in [-0.25, -0.2) is 13.6 Å². The molecule has 0 amide bonds. The Morgan fingerprint density at radius 3 is 2.11 bits per heavy atom. The summed E-state index contributed by atoms with van der Waals surface area (Å²) in [5.41, 5.74) is -0.236. The molecule has 2 rings (SSSR count). The Kier molecular flexibility index (Phi) is 3.48. The van der Waals surface area contributed by atoms with Crippen LogP contribution in [0.2, 0.25) is 0 Å². The fraction of sp³-hybridized carbons (Fsp3) is 0.250. The van der Waals surface area contributed by atoms with Crippen LogP contribution in [0.3, 0.4) is 0 Å². The number of ether oxygens (including phenoxy) is 1. The van der Waals surface area contributed by atoms with Crippen molar-refractivity contribution in [1.82, 2.24) is 0 Å². The molecule has 0 bridgehead atoms. The van der Waals surface area contributed by atoms with Crippen molar-refractivity contribution in [3.63, 3.8) is 0 Å². The lowest BCUT2D eigenvalue weighted by atomic mass is 10.1. The highest BCUT2D eigenvalue weighted by Gasteiger charge is 2.41. The van der Waals surface area contributed by atoms with Gasteiger partial charge in [-0.05, 0) is 60.7 Å². The number of carbonyl (C=O) groups is 1. The maximum absolute atomic E-state index is 11.9. The second-order valence-corrected chi connectivity index (χ2v) is 7.29. The number of hydrogen-bond donors (Lipinski definition) is 1. The van der Waals surface area contributed by atoms with Crippen LogP contribution >= 0.6 is 22.6 Å². The van der Waals surface area contributed by atoms with Crippen LogP contribution in [0.4, 0.5) is 0 Å². The Morgan fingerprint density at radius 2 is 1.74 bits per heavy atom. The van der Waals surface area contributed by atoms with Crippen molar-refractivity contribution in [3.8, 4) is 0 Å². The van der Waals surface area contributed by atoms with Gasteiger partial charge in [-0.3, -0.25) is 4.79 Å². The maximum Gasteiger partial charge on any atom is 0.238 e. The molecule has 0 fully saturated rings. The van der Waals surface area contributed by atoms with E-state index in [2.05, 4.69) is 0 Å². The van der Waals surface area contributed by atoms with Gasteiger partial charge in [-0.1, -0.05) is 0 Å². The predicted molar refractivity (Wildman–Crippen MR) is 78.9 cm³/mol. The minimum Gasteiger partial charge on any atom is -0.478 e. The Morgan fingerprint density at radius 1 is 1.21 bits per heavy atom. The van der Waals surface area contributed by atoms with Crippen LogP contribution in [0, 0.1) is 0 Å². The standard InChI is InChI=1S/C12H12INO4S/c1-12(2)11(15)9(13)10(18-12)7-3-5-8(6-4-7)19(14,16)17/h3-6H,1-2H3,(H2,14,16,17). The van der Waals surface area contributed by atoms with Gasteiger partial charge >= 0.3 is 0 Å². The molecule has 0 saturated heterocycles. The molecule has 1 aliphatic heterocycles. The molecule has 19 heavy (non-hydrogen) atoms. The third kappa shape index (κ3) is 2.67. The summed E-state index contributed by atoms with van der Waals surface area (Å²) in [7, 11) is -3.72. The molecule has 0 saturated carbocycles. The molecular formula is C12H12INO4S. The zero-order valence-corrected chi connectivity index (χ0v) is 13.3. The number of rotatable bonds is 2. The molecule has 0 aliphatic carbocycles. The number of benzene rings is 1. The first-order valence-corrected chi connectivity index (χ1v) is 8.02. The van der Waals surface area contributed by atoms with Crippen LogP contribution in [0.25, 0.3) is 5.76 Å². The lowest BCUT2D eigenvalue weighted by molar-refractivity contribution is -0.125. The molecule has 1 aromatic carbocycles. The smallest absolute Gasteiger partial charge is 0.238 e. The molecule has 1 aliphatic rings. The molecule has 7 heteroatoms. The highest BCUT2D eigenvalue weighted by atomic mass is 127. The molecular weight excluding hydrogens is 381 g/mol. The minimum atomic E-state index is -3.72. The number of Topliss-reactive ketones (excluding diaryl/α,β-unsaturated/α-hetero) is 1. The van der Waals surface area contributed by atoms with E-state index in [-0.39, 0.29) is 10.7 Å². The van der Waals surface area contributed by atoms with Crippen LogP contribution in [-0.2, 0) is 19.6 Å². The van der Waals surface area contributed by atoms with Crippen LogP contribution in [0.5, 0.6) is 0 Å². The molecule has 0 aromatic heterocycles. The van der Waals surface area contributed by atoms with Gasteiger partial charge in [-0.2, -0.15) is 0 Å². The lowest BCUT2D eigenvalue weighted by Gasteiger charge is -2.17. The zero-order valence-electron chi connectivity index (χ0n) is 10.3. The van der Waals surface area contributed by atoms with Crippen molar-refractivity contribution in [2.75, 3.05) is 0 Å². The average Bonchev–Trinajstić information content (AvgIpc) is 2.52. The van der Waals surface area contributed by atoms with Gasteiger partial charge < -0.3 is 4.74 Å². The summed E-state index contributed by atoms with van der Waals surface area (Å²) in [4.78, 5) is 12.0. The first-order chi connectivity index (χ1) is 8.63.